The van der Waals surface area contributed by atoms with Crippen LogP contribution in [0.5, 0.6) is 0 Å². The fraction of sp³-hybridized carbons (Fsp3) is 0.500. The largest absolute Gasteiger partial charge is 0.443 e. The maximum Gasteiger partial charge on any atom is 0.410 e. The zero-order chi connectivity index (χ0) is 12.1. The first-order valence-corrected chi connectivity index (χ1v) is 5.76. The summed E-state index contributed by atoms with van der Waals surface area (Å²) in [5, 5.41) is 0. The molecule has 0 atom stereocenters. The highest BCUT2D eigenvalue weighted by molar-refractivity contribution is 5.67. The van der Waals surface area contributed by atoms with E-state index in [0.717, 1.165) is 31.9 Å². The van der Waals surface area contributed by atoms with Crippen LogP contribution in [0.25, 0.3) is 0 Å². The summed E-state index contributed by atoms with van der Waals surface area (Å²) < 4.78 is 5.21. The lowest BCUT2D eigenvalue weighted by Gasteiger charge is -2.31. The van der Waals surface area contributed by atoms with Crippen molar-refractivity contribution in [3.8, 4) is 0 Å². The minimum Gasteiger partial charge on any atom is -0.443 e. The summed E-state index contributed by atoms with van der Waals surface area (Å²) in [4.78, 5) is 19.8. The van der Waals surface area contributed by atoms with Gasteiger partial charge in [0.25, 0.3) is 0 Å². The van der Waals surface area contributed by atoms with Gasteiger partial charge in [-0.15, -0.1) is 0 Å². The van der Waals surface area contributed by atoms with E-state index in [0.29, 0.717) is 0 Å². The number of pyridine rings is 1. The van der Waals surface area contributed by atoms with Crippen LogP contribution in [-0.2, 0) is 11.3 Å². The molecule has 1 saturated heterocycles. The van der Waals surface area contributed by atoms with E-state index in [2.05, 4.69) is 16.9 Å². The smallest absolute Gasteiger partial charge is 0.410 e. The highest BCUT2D eigenvalue weighted by atomic mass is 16.6. The molecule has 0 N–H and O–H groups in total. The number of nitrogens with zero attached hydrogens (tertiary/aromatic N) is 3. The van der Waals surface area contributed by atoms with Crippen molar-refractivity contribution in [2.45, 2.75) is 6.61 Å². The van der Waals surface area contributed by atoms with Crippen LogP contribution in [0.15, 0.2) is 24.4 Å². The van der Waals surface area contributed by atoms with Crippen LogP contribution >= 0.6 is 0 Å². The van der Waals surface area contributed by atoms with Gasteiger partial charge < -0.3 is 14.5 Å². The van der Waals surface area contributed by atoms with Crippen molar-refractivity contribution < 1.29 is 9.53 Å². The molecule has 0 bridgehead atoms. The molecule has 5 heteroatoms. The van der Waals surface area contributed by atoms with Gasteiger partial charge in [-0.3, -0.25) is 4.98 Å². The van der Waals surface area contributed by atoms with Crippen LogP contribution in [0.3, 0.4) is 0 Å². The van der Waals surface area contributed by atoms with Crippen LogP contribution in [0.1, 0.15) is 5.69 Å². The molecule has 1 aromatic heterocycles. The maximum absolute atomic E-state index is 11.7. The van der Waals surface area contributed by atoms with Gasteiger partial charge in [0.05, 0.1) is 5.69 Å². The molecule has 2 rings (SSSR count). The molecule has 0 radical (unpaired) electrons. The quantitative estimate of drug-likeness (QED) is 0.766. The number of amides is 1. The highest BCUT2D eigenvalue weighted by Gasteiger charge is 2.19. The fourth-order valence-electron chi connectivity index (χ4n) is 1.70. The SMILES string of the molecule is CN1CCN(C(=O)OCc2ccccn2)CC1. The van der Waals surface area contributed by atoms with Gasteiger partial charge in [0.1, 0.15) is 6.61 Å². The Kier molecular flexibility index (Phi) is 3.93. The van der Waals surface area contributed by atoms with E-state index < -0.39 is 0 Å². The van der Waals surface area contributed by atoms with E-state index in [1.807, 2.05) is 18.2 Å². The van der Waals surface area contributed by atoms with Crippen LogP contribution < -0.4 is 0 Å². The van der Waals surface area contributed by atoms with E-state index in [9.17, 15) is 4.79 Å². The lowest BCUT2D eigenvalue weighted by Crippen LogP contribution is -2.47. The normalized spacial score (nSPS) is 16.9. The van der Waals surface area contributed by atoms with E-state index >= 15 is 0 Å². The van der Waals surface area contributed by atoms with E-state index in [-0.39, 0.29) is 12.7 Å². The van der Waals surface area contributed by atoms with Crippen molar-refractivity contribution in [2.24, 2.45) is 0 Å². The number of carbonyl (C=O) groups is 1. The summed E-state index contributed by atoms with van der Waals surface area (Å²) in [5.74, 6) is 0. The Balaban J connectivity index is 1.78. The summed E-state index contributed by atoms with van der Waals surface area (Å²) in [7, 11) is 2.05. The van der Waals surface area contributed by atoms with Crippen molar-refractivity contribution in [1.29, 1.82) is 0 Å². The third-order valence-corrected chi connectivity index (χ3v) is 2.83. The number of hydrogen-bond donors (Lipinski definition) is 0. The molecule has 92 valence electrons. The van der Waals surface area contributed by atoms with Gasteiger partial charge in [-0.25, -0.2) is 4.79 Å². The Morgan fingerprint density at radius 2 is 2.12 bits per heavy atom. The van der Waals surface area contributed by atoms with Crippen molar-refractivity contribution in [3.05, 3.63) is 30.1 Å². The van der Waals surface area contributed by atoms with E-state index in [1.54, 1.807) is 11.1 Å². The topological polar surface area (TPSA) is 45.7 Å². The van der Waals surface area contributed by atoms with Crippen LogP contribution in [0.4, 0.5) is 4.79 Å². The standard InChI is InChI=1S/C12H17N3O2/c1-14-6-8-15(9-7-14)12(16)17-10-11-4-2-3-5-13-11/h2-5H,6-10H2,1H3. The van der Waals surface area contributed by atoms with E-state index in [1.165, 1.54) is 0 Å². The third kappa shape index (κ3) is 3.42. The number of carbonyl (C=O) groups excluding carboxylic acids is 1. The number of piperazine rings is 1. The summed E-state index contributed by atoms with van der Waals surface area (Å²) in [5.41, 5.74) is 0.773. The molecule has 5 nitrogen and oxygen atoms in total. The molecule has 0 saturated carbocycles. The monoisotopic (exact) mass is 235 g/mol. The average Bonchev–Trinajstić information content (AvgIpc) is 2.38. The van der Waals surface area contributed by atoms with Crippen LogP contribution in [-0.4, -0.2) is 54.1 Å². The van der Waals surface area contributed by atoms with Crippen molar-refractivity contribution in [3.63, 3.8) is 0 Å². The van der Waals surface area contributed by atoms with Gasteiger partial charge in [0.2, 0.25) is 0 Å². The first-order valence-electron chi connectivity index (χ1n) is 5.76. The van der Waals surface area contributed by atoms with Crippen molar-refractivity contribution in [1.82, 2.24) is 14.8 Å². The van der Waals surface area contributed by atoms with E-state index in [4.69, 9.17) is 4.74 Å². The molecule has 0 unspecified atom stereocenters. The molecule has 0 aromatic carbocycles. The first-order chi connectivity index (χ1) is 8.25. The predicted octanol–water partition coefficient (Wildman–Crippen LogP) is 0.966. The van der Waals surface area contributed by atoms with Gasteiger partial charge in [0, 0.05) is 32.4 Å². The van der Waals surface area contributed by atoms with Crippen LogP contribution in [0.2, 0.25) is 0 Å². The second kappa shape index (κ2) is 5.63. The predicted molar refractivity (Wildman–Crippen MR) is 63.5 cm³/mol. The Bertz CT molecular complexity index is 361. The molecule has 1 aromatic rings. The molecule has 0 spiro atoms. The Morgan fingerprint density at radius 3 is 2.76 bits per heavy atom. The fourth-order valence-corrected chi connectivity index (χ4v) is 1.70. The van der Waals surface area contributed by atoms with Gasteiger partial charge in [-0.05, 0) is 19.2 Å². The Hall–Kier alpha value is -1.62. The summed E-state index contributed by atoms with van der Waals surface area (Å²) in [6.45, 7) is 3.51. The van der Waals surface area contributed by atoms with Crippen molar-refractivity contribution in [2.75, 3.05) is 33.2 Å². The average molecular weight is 235 g/mol. The number of likely N-dealkylation sites (N-methyl/N-ethyl adjacent to an activating group) is 1. The molecular weight excluding hydrogens is 218 g/mol. The van der Waals surface area contributed by atoms with Crippen molar-refractivity contribution >= 4 is 6.09 Å². The summed E-state index contributed by atoms with van der Waals surface area (Å²) in [6, 6.07) is 5.56. The molecule has 1 aliphatic heterocycles. The number of hydrogen-bond acceptors (Lipinski definition) is 4. The van der Waals surface area contributed by atoms with Crippen LogP contribution in [0, 0.1) is 0 Å². The molecule has 1 fully saturated rings. The molecule has 2 heterocycles. The maximum atomic E-state index is 11.7. The minimum atomic E-state index is -0.247. The zero-order valence-electron chi connectivity index (χ0n) is 10.0. The number of aromatic nitrogens is 1. The molecule has 1 aliphatic rings. The summed E-state index contributed by atoms with van der Waals surface area (Å²) >= 11 is 0. The molecule has 1 amide bonds. The lowest BCUT2D eigenvalue weighted by molar-refractivity contribution is 0.0760. The molecule has 0 aliphatic carbocycles. The first kappa shape index (κ1) is 11.9. The van der Waals surface area contributed by atoms with Gasteiger partial charge in [0.15, 0.2) is 0 Å². The lowest BCUT2D eigenvalue weighted by atomic mass is 10.3. The molecular formula is C12H17N3O2. The number of ether oxygens (including phenoxy) is 1. The number of rotatable bonds is 2. The Morgan fingerprint density at radius 1 is 1.35 bits per heavy atom. The second-order valence-corrected chi connectivity index (χ2v) is 4.17. The zero-order valence-corrected chi connectivity index (χ0v) is 10.0. The van der Waals surface area contributed by atoms with Gasteiger partial charge in [-0.2, -0.15) is 0 Å². The highest BCUT2D eigenvalue weighted by Crippen LogP contribution is 2.04. The summed E-state index contributed by atoms with van der Waals surface area (Å²) in [6.07, 6.45) is 1.45. The minimum absolute atomic E-state index is 0.242. The third-order valence-electron chi connectivity index (χ3n) is 2.83. The second-order valence-electron chi connectivity index (χ2n) is 4.17. The van der Waals surface area contributed by atoms with Gasteiger partial charge in [-0.1, -0.05) is 6.07 Å². The molecule has 17 heavy (non-hydrogen) atoms. The van der Waals surface area contributed by atoms with Gasteiger partial charge >= 0.3 is 6.09 Å². The Labute approximate surface area is 101 Å².